The molecule has 0 saturated heterocycles. The average molecular weight is 303 g/mol. The number of benzene rings is 1. The first-order chi connectivity index (χ1) is 10.1. The van der Waals surface area contributed by atoms with Gasteiger partial charge in [-0.2, -0.15) is 0 Å². The van der Waals surface area contributed by atoms with Gasteiger partial charge in [0.05, 0.1) is 22.0 Å². The molecule has 5 heteroatoms. The molecule has 1 heterocycles. The van der Waals surface area contributed by atoms with E-state index >= 15 is 0 Å². The minimum absolute atomic E-state index is 0.152. The van der Waals surface area contributed by atoms with Gasteiger partial charge in [0, 0.05) is 13.1 Å². The predicted molar refractivity (Wildman–Crippen MR) is 87.5 cm³/mol. The van der Waals surface area contributed by atoms with E-state index in [1.165, 1.54) is 11.8 Å². The number of hydrogen-bond acceptors (Lipinski definition) is 4. The summed E-state index contributed by atoms with van der Waals surface area (Å²) in [5.74, 6) is 0.152. The van der Waals surface area contributed by atoms with Gasteiger partial charge < -0.3 is 4.90 Å². The molecular weight excluding hydrogens is 282 g/mol. The van der Waals surface area contributed by atoms with E-state index < -0.39 is 0 Å². The molecule has 0 N–H and O–H groups in total. The smallest absolute Gasteiger partial charge is 0.235 e. The van der Waals surface area contributed by atoms with Crippen LogP contribution in [0.5, 0.6) is 0 Å². The number of para-hydroxylation sites is 2. The van der Waals surface area contributed by atoms with Gasteiger partial charge in [0.1, 0.15) is 5.03 Å². The van der Waals surface area contributed by atoms with E-state index in [4.69, 9.17) is 0 Å². The number of rotatable bonds is 5. The van der Waals surface area contributed by atoms with Crippen molar-refractivity contribution in [3.63, 3.8) is 0 Å². The maximum atomic E-state index is 12.3. The van der Waals surface area contributed by atoms with Crippen LogP contribution in [0.2, 0.25) is 0 Å². The summed E-state index contributed by atoms with van der Waals surface area (Å²) in [6.45, 7) is 9.35. The van der Waals surface area contributed by atoms with Crippen LogP contribution in [0.1, 0.15) is 26.5 Å². The third kappa shape index (κ3) is 3.53. The largest absolute Gasteiger partial charge is 0.342 e. The van der Waals surface area contributed by atoms with Gasteiger partial charge in [-0.05, 0) is 39.8 Å². The summed E-state index contributed by atoms with van der Waals surface area (Å²) in [6.07, 6.45) is 0. The van der Waals surface area contributed by atoms with E-state index in [-0.39, 0.29) is 11.2 Å². The Bertz CT molecular complexity index is 640. The number of aromatic nitrogens is 2. The van der Waals surface area contributed by atoms with Gasteiger partial charge in [-0.1, -0.05) is 23.9 Å². The van der Waals surface area contributed by atoms with E-state index in [1.54, 1.807) is 0 Å². The van der Waals surface area contributed by atoms with Crippen molar-refractivity contribution in [2.24, 2.45) is 0 Å². The van der Waals surface area contributed by atoms with Crippen molar-refractivity contribution in [3.05, 3.63) is 30.0 Å². The van der Waals surface area contributed by atoms with Crippen LogP contribution in [-0.2, 0) is 4.79 Å². The average Bonchev–Trinajstić information content (AvgIpc) is 2.49. The summed E-state index contributed by atoms with van der Waals surface area (Å²) in [6, 6.07) is 7.80. The van der Waals surface area contributed by atoms with E-state index in [1.807, 2.05) is 56.9 Å². The molecule has 1 aromatic heterocycles. The topological polar surface area (TPSA) is 46.1 Å². The highest BCUT2D eigenvalue weighted by Crippen LogP contribution is 2.26. The third-order valence-electron chi connectivity index (χ3n) is 3.41. The van der Waals surface area contributed by atoms with Crippen molar-refractivity contribution in [2.45, 2.75) is 38.0 Å². The fourth-order valence-electron chi connectivity index (χ4n) is 2.19. The summed E-state index contributed by atoms with van der Waals surface area (Å²) in [7, 11) is 0. The van der Waals surface area contributed by atoms with Crippen molar-refractivity contribution in [1.29, 1.82) is 0 Å². The molecule has 0 aliphatic carbocycles. The Labute approximate surface area is 130 Å². The third-order valence-corrected chi connectivity index (χ3v) is 4.58. The van der Waals surface area contributed by atoms with E-state index in [0.29, 0.717) is 0 Å². The normalized spacial score (nSPS) is 12.4. The molecule has 0 saturated carbocycles. The van der Waals surface area contributed by atoms with Gasteiger partial charge >= 0.3 is 0 Å². The van der Waals surface area contributed by atoms with Gasteiger partial charge in [0.15, 0.2) is 0 Å². The van der Waals surface area contributed by atoms with Gasteiger partial charge in [-0.15, -0.1) is 0 Å². The molecule has 0 aliphatic heterocycles. The summed E-state index contributed by atoms with van der Waals surface area (Å²) < 4.78 is 0. The first-order valence-electron chi connectivity index (χ1n) is 7.25. The van der Waals surface area contributed by atoms with Gasteiger partial charge in [-0.3, -0.25) is 4.79 Å². The standard InChI is InChI=1S/C16H21N3OS/c1-5-19(6-2)16(20)12(4)21-15-11(3)17-13-9-7-8-10-14(13)18-15/h7-10,12H,5-6H2,1-4H3. The lowest BCUT2D eigenvalue weighted by Gasteiger charge is -2.22. The van der Waals surface area contributed by atoms with Crippen LogP contribution >= 0.6 is 11.8 Å². The Morgan fingerprint density at radius 2 is 1.76 bits per heavy atom. The number of amides is 1. The molecule has 0 bridgehead atoms. The lowest BCUT2D eigenvalue weighted by Crippen LogP contribution is -2.36. The number of hydrogen-bond donors (Lipinski definition) is 0. The number of aryl methyl sites for hydroxylation is 1. The molecule has 0 radical (unpaired) electrons. The number of fused-ring (bicyclic) bond motifs is 1. The van der Waals surface area contributed by atoms with Crippen molar-refractivity contribution in [2.75, 3.05) is 13.1 Å². The lowest BCUT2D eigenvalue weighted by molar-refractivity contribution is -0.129. The zero-order chi connectivity index (χ0) is 15.4. The molecule has 0 spiro atoms. The number of carbonyl (C=O) groups excluding carboxylic acids is 1. The highest BCUT2D eigenvalue weighted by atomic mass is 32.2. The van der Waals surface area contributed by atoms with Crippen molar-refractivity contribution < 1.29 is 4.79 Å². The first kappa shape index (κ1) is 15.8. The SMILES string of the molecule is CCN(CC)C(=O)C(C)Sc1nc2ccccc2nc1C. The highest BCUT2D eigenvalue weighted by Gasteiger charge is 2.21. The second-order valence-electron chi connectivity index (χ2n) is 4.87. The Kier molecular flexibility index (Phi) is 5.17. The van der Waals surface area contributed by atoms with E-state index in [0.717, 1.165) is 34.8 Å². The molecule has 1 atom stereocenters. The molecule has 0 aliphatic rings. The van der Waals surface area contributed by atoms with Crippen molar-refractivity contribution in [3.8, 4) is 0 Å². The maximum Gasteiger partial charge on any atom is 0.235 e. The van der Waals surface area contributed by atoms with Gasteiger partial charge in [-0.25, -0.2) is 9.97 Å². The molecular formula is C16H21N3OS. The highest BCUT2D eigenvalue weighted by molar-refractivity contribution is 8.00. The van der Waals surface area contributed by atoms with Crippen LogP contribution in [0.25, 0.3) is 11.0 Å². The Morgan fingerprint density at radius 1 is 1.19 bits per heavy atom. The van der Waals surface area contributed by atoms with Gasteiger partial charge in [0.2, 0.25) is 5.91 Å². The zero-order valence-electron chi connectivity index (χ0n) is 13.0. The monoisotopic (exact) mass is 303 g/mol. The molecule has 1 amide bonds. The second-order valence-corrected chi connectivity index (χ2v) is 6.20. The summed E-state index contributed by atoms with van der Waals surface area (Å²) in [5, 5.41) is 0.681. The molecule has 2 aromatic rings. The summed E-state index contributed by atoms with van der Waals surface area (Å²) in [5.41, 5.74) is 2.63. The molecule has 4 nitrogen and oxygen atoms in total. The van der Waals surface area contributed by atoms with E-state index in [9.17, 15) is 4.79 Å². The van der Waals surface area contributed by atoms with Crippen LogP contribution < -0.4 is 0 Å². The molecule has 2 rings (SSSR count). The fraction of sp³-hybridized carbons (Fsp3) is 0.438. The molecule has 21 heavy (non-hydrogen) atoms. The number of carbonyl (C=O) groups is 1. The lowest BCUT2D eigenvalue weighted by atomic mass is 10.3. The van der Waals surface area contributed by atoms with Crippen LogP contribution in [0, 0.1) is 6.92 Å². The molecule has 1 aromatic carbocycles. The fourth-order valence-corrected chi connectivity index (χ4v) is 3.15. The maximum absolute atomic E-state index is 12.3. The number of thioether (sulfide) groups is 1. The minimum Gasteiger partial charge on any atom is -0.342 e. The van der Waals surface area contributed by atoms with E-state index in [2.05, 4.69) is 9.97 Å². The van der Waals surface area contributed by atoms with Crippen LogP contribution in [0.15, 0.2) is 29.3 Å². The van der Waals surface area contributed by atoms with Crippen LogP contribution in [0.3, 0.4) is 0 Å². The minimum atomic E-state index is -0.154. The first-order valence-corrected chi connectivity index (χ1v) is 8.13. The van der Waals surface area contributed by atoms with Gasteiger partial charge in [0.25, 0.3) is 0 Å². The zero-order valence-corrected chi connectivity index (χ0v) is 13.8. The van der Waals surface area contributed by atoms with Crippen molar-refractivity contribution in [1.82, 2.24) is 14.9 Å². The summed E-state index contributed by atoms with van der Waals surface area (Å²) >= 11 is 1.49. The molecule has 0 fully saturated rings. The quantitative estimate of drug-likeness (QED) is 0.795. The van der Waals surface area contributed by atoms with Crippen molar-refractivity contribution >= 4 is 28.7 Å². The van der Waals surface area contributed by atoms with Crippen LogP contribution in [0.4, 0.5) is 0 Å². The Balaban J connectivity index is 2.22. The molecule has 112 valence electrons. The Hall–Kier alpha value is -1.62. The summed E-state index contributed by atoms with van der Waals surface area (Å²) in [4.78, 5) is 23.4. The van der Waals surface area contributed by atoms with Crippen LogP contribution in [-0.4, -0.2) is 39.1 Å². The number of nitrogens with zero attached hydrogens (tertiary/aromatic N) is 3. The molecule has 1 unspecified atom stereocenters. The second kappa shape index (κ2) is 6.89. The predicted octanol–water partition coefficient (Wildman–Crippen LogP) is 3.29. The Morgan fingerprint density at radius 3 is 2.33 bits per heavy atom.